The molecule has 0 aliphatic carbocycles. The molecule has 19 heavy (non-hydrogen) atoms. The summed E-state index contributed by atoms with van der Waals surface area (Å²) in [6, 6.07) is 11.6. The molecule has 2 N–H and O–H groups in total. The van der Waals surface area contributed by atoms with Gasteiger partial charge in [0.1, 0.15) is 5.75 Å². The molecule has 0 amide bonds. The Morgan fingerprint density at radius 2 is 2.00 bits per heavy atom. The molecule has 0 spiro atoms. The van der Waals surface area contributed by atoms with Gasteiger partial charge in [-0.1, -0.05) is 31.2 Å². The van der Waals surface area contributed by atoms with Crippen LogP contribution in [-0.4, -0.2) is 11.6 Å². The molecule has 1 aromatic heterocycles. The van der Waals surface area contributed by atoms with Crippen molar-refractivity contribution in [2.24, 2.45) is 5.73 Å². The largest absolute Gasteiger partial charge is 0.493 e. The van der Waals surface area contributed by atoms with Gasteiger partial charge in [0.15, 0.2) is 0 Å². The number of aromatic nitrogens is 1. The molecule has 0 saturated carbocycles. The minimum absolute atomic E-state index is 0.255. The minimum Gasteiger partial charge on any atom is -0.493 e. The highest BCUT2D eigenvalue weighted by atomic mass is 16.5. The molecule has 0 aliphatic rings. The number of rotatable bonds is 5. The number of hydrogen-bond donors (Lipinski definition) is 1. The van der Waals surface area contributed by atoms with E-state index >= 15 is 0 Å². The van der Waals surface area contributed by atoms with Gasteiger partial charge in [0.25, 0.3) is 0 Å². The summed E-state index contributed by atoms with van der Waals surface area (Å²) >= 11 is 0. The lowest BCUT2D eigenvalue weighted by atomic mass is 10.00. The van der Waals surface area contributed by atoms with E-state index in [0.29, 0.717) is 6.61 Å². The van der Waals surface area contributed by atoms with Crippen LogP contribution in [-0.2, 0) is 0 Å². The summed E-state index contributed by atoms with van der Waals surface area (Å²) in [5, 5.41) is 0. The van der Waals surface area contributed by atoms with Crippen molar-refractivity contribution in [3.05, 3.63) is 59.4 Å². The summed E-state index contributed by atoms with van der Waals surface area (Å²) in [6.45, 7) is 4.81. The van der Waals surface area contributed by atoms with E-state index in [1.807, 2.05) is 43.3 Å². The molecule has 3 nitrogen and oxygen atoms in total. The van der Waals surface area contributed by atoms with Gasteiger partial charge in [-0.2, -0.15) is 0 Å². The molecule has 0 bridgehead atoms. The molecule has 2 aromatic rings. The van der Waals surface area contributed by atoms with E-state index in [9.17, 15) is 0 Å². The summed E-state index contributed by atoms with van der Waals surface area (Å²) in [5.74, 6) is 0.849. The van der Waals surface area contributed by atoms with Crippen LogP contribution < -0.4 is 10.5 Å². The normalized spacial score (nSPS) is 12.2. The Kier molecular flexibility index (Phi) is 4.53. The van der Waals surface area contributed by atoms with Crippen molar-refractivity contribution in [3.63, 3.8) is 0 Å². The Labute approximate surface area is 114 Å². The van der Waals surface area contributed by atoms with Crippen LogP contribution in [0.3, 0.4) is 0 Å². The van der Waals surface area contributed by atoms with E-state index in [1.165, 1.54) is 0 Å². The third-order valence-electron chi connectivity index (χ3n) is 3.06. The third-order valence-corrected chi connectivity index (χ3v) is 3.06. The number of nitrogens with zero attached hydrogens (tertiary/aromatic N) is 1. The molecule has 2 rings (SSSR count). The van der Waals surface area contributed by atoms with E-state index in [4.69, 9.17) is 10.5 Å². The summed E-state index contributed by atoms with van der Waals surface area (Å²) in [7, 11) is 0. The van der Waals surface area contributed by atoms with Gasteiger partial charge in [-0.15, -0.1) is 0 Å². The van der Waals surface area contributed by atoms with E-state index in [2.05, 4.69) is 11.9 Å². The third kappa shape index (κ3) is 3.12. The van der Waals surface area contributed by atoms with Gasteiger partial charge >= 0.3 is 0 Å². The topological polar surface area (TPSA) is 48.1 Å². The second-order valence-corrected chi connectivity index (χ2v) is 4.57. The molecule has 3 heteroatoms. The molecule has 1 heterocycles. The highest BCUT2D eigenvalue weighted by Gasteiger charge is 2.16. The van der Waals surface area contributed by atoms with Crippen LogP contribution >= 0.6 is 0 Å². The number of nitrogens with two attached hydrogens (primary N) is 1. The van der Waals surface area contributed by atoms with Crippen molar-refractivity contribution >= 4 is 0 Å². The van der Waals surface area contributed by atoms with Gasteiger partial charge in [-0.3, -0.25) is 4.98 Å². The lowest BCUT2D eigenvalue weighted by Gasteiger charge is -2.17. The van der Waals surface area contributed by atoms with E-state index in [1.54, 1.807) is 6.20 Å². The Hall–Kier alpha value is -1.87. The summed E-state index contributed by atoms with van der Waals surface area (Å²) < 4.78 is 5.76. The zero-order valence-electron chi connectivity index (χ0n) is 11.5. The number of pyridine rings is 1. The molecule has 0 aliphatic heterocycles. The van der Waals surface area contributed by atoms with Crippen LogP contribution in [0.5, 0.6) is 5.75 Å². The van der Waals surface area contributed by atoms with Crippen LogP contribution in [0.15, 0.2) is 42.6 Å². The number of ether oxygens (including phenoxy) is 1. The second kappa shape index (κ2) is 6.34. The fourth-order valence-corrected chi connectivity index (χ4v) is 2.05. The molecule has 0 fully saturated rings. The van der Waals surface area contributed by atoms with E-state index in [-0.39, 0.29) is 6.04 Å². The van der Waals surface area contributed by atoms with Gasteiger partial charge in [-0.05, 0) is 31.0 Å². The SMILES string of the molecule is CCCOc1ccccc1C(N)c1ncccc1C. The lowest BCUT2D eigenvalue weighted by Crippen LogP contribution is -2.16. The molecular formula is C16H20N2O. The predicted octanol–water partition coefficient (Wildman–Crippen LogP) is 3.23. The average molecular weight is 256 g/mol. The van der Waals surface area contributed by atoms with Crippen LogP contribution in [0.25, 0.3) is 0 Å². The maximum Gasteiger partial charge on any atom is 0.124 e. The fourth-order valence-electron chi connectivity index (χ4n) is 2.05. The number of hydrogen-bond acceptors (Lipinski definition) is 3. The summed E-state index contributed by atoms with van der Waals surface area (Å²) in [4.78, 5) is 4.40. The Bertz CT molecular complexity index is 540. The summed E-state index contributed by atoms with van der Waals surface area (Å²) in [5.41, 5.74) is 9.33. The number of para-hydroxylation sites is 1. The minimum atomic E-state index is -0.255. The molecule has 1 atom stereocenters. The van der Waals surface area contributed by atoms with Gasteiger partial charge < -0.3 is 10.5 Å². The van der Waals surface area contributed by atoms with Gasteiger partial charge in [-0.25, -0.2) is 0 Å². The smallest absolute Gasteiger partial charge is 0.124 e. The van der Waals surface area contributed by atoms with Crippen molar-refractivity contribution in [1.29, 1.82) is 0 Å². The van der Waals surface area contributed by atoms with Crippen molar-refractivity contribution in [1.82, 2.24) is 4.98 Å². The molecule has 0 radical (unpaired) electrons. The molecule has 0 saturated heterocycles. The first-order valence-corrected chi connectivity index (χ1v) is 6.63. The zero-order chi connectivity index (χ0) is 13.7. The van der Waals surface area contributed by atoms with Crippen LogP contribution in [0.1, 0.15) is 36.2 Å². The van der Waals surface area contributed by atoms with Gasteiger partial charge in [0, 0.05) is 11.8 Å². The zero-order valence-corrected chi connectivity index (χ0v) is 11.5. The predicted molar refractivity (Wildman–Crippen MR) is 77.2 cm³/mol. The maximum absolute atomic E-state index is 6.35. The van der Waals surface area contributed by atoms with E-state index < -0.39 is 0 Å². The van der Waals surface area contributed by atoms with Crippen LogP contribution in [0.2, 0.25) is 0 Å². The monoisotopic (exact) mass is 256 g/mol. The quantitative estimate of drug-likeness (QED) is 0.893. The summed E-state index contributed by atoms with van der Waals surface area (Å²) in [6.07, 6.45) is 2.75. The van der Waals surface area contributed by atoms with Gasteiger partial charge in [0.05, 0.1) is 18.3 Å². The Balaban J connectivity index is 2.33. The second-order valence-electron chi connectivity index (χ2n) is 4.57. The first-order valence-electron chi connectivity index (χ1n) is 6.63. The van der Waals surface area contributed by atoms with Crippen LogP contribution in [0.4, 0.5) is 0 Å². The van der Waals surface area contributed by atoms with Crippen molar-refractivity contribution < 1.29 is 4.74 Å². The molecule has 1 unspecified atom stereocenters. The first-order chi connectivity index (χ1) is 9.24. The average Bonchev–Trinajstić information content (AvgIpc) is 2.45. The van der Waals surface area contributed by atoms with Crippen molar-refractivity contribution in [3.8, 4) is 5.75 Å². The highest BCUT2D eigenvalue weighted by molar-refractivity contribution is 5.41. The van der Waals surface area contributed by atoms with Crippen LogP contribution in [0, 0.1) is 6.92 Å². The Morgan fingerprint density at radius 1 is 1.21 bits per heavy atom. The molecular weight excluding hydrogens is 236 g/mol. The highest BCUT2D eigenvalue weighted by Crippen LogP contribution is 2.28. The van der Waals surface area contributed by atoms with Crippen molar-refractivity contribution in [2.75, 3.05) is 6.61 Å². The lowest BCUT2D eigenvalue weighted by molar-refractivity contribution is 0.313. The number of benzene rings is 1. The first kappa shape index (κ1) is 13.6. The molecule has 1 aromatic carbocycles. The van der Waals surface area contributed by atoms with Crippen molar-refractivity contribution in [2.45, 2.75) is 26.3 Å². The Morgan fingerprint density at radius 3 is 2.74 bits per heavy atom. The standard InChI is InChI=1S/C16H20N2O/c1-3-11-19-14-9-5-4-8-13(14)15(17)16-12(2)7-6-10-18-16/h4-10,15H,3,11,17H2,1-2H3. The maximum atomic E-state index is 6.35. The fraction of sp³-hybridized carbons (Fsp3) is 0.312. The van der Waals surface area contributed by atoms with E-state index in [0.717, 1.165) is 29.0 Å². The molecule has 100 valence electrons. The number of aryl methyl sites for hydroxylation is 1. The van der Waals surface area contributed by atoms with Gasteiger partial charge in [0.2, 0.25) is 0 Å².